The van der Waals surface area contributed by atoms with E-state index in [-0.39, 0.29) is 11.1 Å². The normalized spacial score (nSPS) is 10.4. The predicted octanol–water partition coefficient (Wildman–Crippen LogP) is 2.91. The van der Waals surface area contributed by atoms with Crippen LogP contribution >= 0.6 is 11.6 Å². The van der Waals surface area contributed by atoms with Gasteiger partial charge in [0.25, 0.3) is 5.91 Å². The lowest BCUT2D eigenvalue weighted by atomic mass is 10.2. The molecule has 0 bridgehead atoms. The summed E-state index contributed by atoms with van der Waals surface area (Å²) in [7, 11) is 1.72. The summed E-state index contributed by atoms with van der Waals surface area (Å²) in [6, 6.07) is 5.20. The van der Waals surface area contributed by atoms with Crippen LogP contribution in [-0.2, 0) is 6.54 Å². The van der Waals surface area contributed by atoms with Gasteiger partial charge < -0.3 is 9.32 Å². The van der Waals surface area contributed by atoms with Crippen molar-refractivity contribution < 1.29 is 9.21 Å². The van der Waals surface area contributed by atoms with Crippen molar-refractivity contribution >= 4 is 17.5 Å². The van der Waals surface area contributed by atoms with E-state index < -0.39 is 0 Å². The van der Waals surface area contributed by atoms with Gasteiger partial charge in [0.05, 0.1) is 11.8 Å². The van der Waals surface area contributed by atoms with Crippen molar-refractivity contribution in [1.29, 1.82) is 0 Å². The summed E-state index contributed by atoms with van der Waals surface area (Å²) in [5.74, 6) is 0.653. The maximum Gasteiger partial charge on any atom is 0.257 e. The van der Waals surface area contributed by atoms with Crippen LogP contribution in [0, 0.1) is 6.92 Å². The molecule has 0 aliphatic carbocycles. The quantitative estimate of drug-likeness (QED) is 0.801. The molecular formula is C13H13ClN2O2. The molecule has 0 spiro atoms. The van der Waals surface area contributed by atoms with Crippen LogP contribution in [0.15, 0.2) is 35.1 Å². The molecule has 2 rings (SSSR count). The van der Waals surface area contributed by atoms with Crippen LogP contribution in [0.25, 0.3) is 0 Å². The first-order valence-electron chi connectivity index (χ1n) is 5.48. The first-order chi connectivity index (χ1) is 8.59. The second kappa shape index (κ2) is 5.23. The Hall–Kier alpha value is -1.81. The minimum Gasteiger partial charge on any atom is -0.469 e. The number of pyridine rings is 1. The highest BCUT2D eigenvalue weighted by molar-refractivity contribution is 6.32. The number of furan rings is 1. The van der Waals surface area contributed by atoms with Gasteiger partial charge in [-0.05, 0) is 25.1 Å². The van der Waals surface area contributed by atoms with E-state index in [1.165, 1.54) is 0 Å². The SMILES string of the molecule is Cc1occc1CN(C)C(=O)c1cccnc1Cl. The second-order valence-corrected chi connectivity index (χ2v) is 4.36. The van der Waals surface area contributed by atoms with Crippen molar-refractivity contribution in [2.75, 3.05) is 7.05 Å². The molecule has 2 heterocycles. The molecule has 94 valence electrons. The number of nitrogens with zero attached hydrogens (tertiary/aromatic N) is 2. The van der Waals surface area contributed by atoms with Gasteiger partial charge in [-0.1, -0.05) is 11.6 Å². The molecule has 2 aromatic rings. The van der Waals surface area contributed by atoms with Crippen LogP contribution in [0.3, 0.4) is 0 Å². The molecule has 4 nitrogen and oxygen atoms in total. The molecule has 0 radical (unpaired) electrons. The van der Waals surface area contributed by atoms with E-state index >= 15 is 0 Å². The Morgan fingerprint density at radius 2 is 2.28 bits per heavy atom. The van der Waals surface area contributed by atoms with E-state index in [9.17, 15) is 4.79 Å². The van der Waals surface area contributed by atoms with Gasteiger partial charge in [-0.3, -0.25) is 4.79 Å². The van der Waals surface area contributed by atoms with Crippen molar-refractivity contribution in [1.82, 2.24) is 9.88 Å². The molecule has 2 aromatic heterocycles. The Morgan fingerprint density at radius 1 is 1.50 bits per heavy atom. The van der Waals surface area contributed by atoms with Crippen molar-refractivity contribution in [2.24, 2.45) is 0 Å². The number of hydrogen-bond donors (Lipinski definition) is 0. The average Bonchev–Trinajstić information content (AvgIpc) is 2.75. The molecule has 18 heavy (non-hydrogen) atoms. The van der Waals surface area contributed by atoms with E-state index in [4.69, 9.17) is 16.0 Å². The number of carbonyl (C=O) groups excluding carboxylic acids is 1. The highest BCUT2D eigenvalue weighted by Crippen LogP contribution is 2.16. The van der Waals surface area contributed by atoms with Crippen LogP contribution in [0.5, 0.6) is 0 Å². The lowest BCUT2D eigenvalue weighted by Crippen LogP contribution is -2.26. The summed E-state index contributed by atoms with van der Waals surface area (Å²) < 4.78 is 5.20. The van der Waals surface area contributed by atoms with Gasteiger partial charge in [-0.15, -0.1) is 0 Å². The van der Waals surface area contributed by atoms with Crippen LogP contribution in [-0.4, -0.2) is 22.8 Å². The van der Waals surface area contributed by atoms with Gasteiger partial charge in [0.1, 0.15) is 10.9 Å². The monoisotopic (exact) mass is 264 g/mol. The molecule has 0 aliphatic heterocycles. The van der Waals surface area contributed by atoms with E-state index in [1.54, 1.807) is 36.5 Å². The number of carbonyl (C=O) groups is 1. The van der Waals surface area contributed by atoms with Gasteiger partial charge >= 0.3 is 0 Å². The smallest absolute Gasteiger partial charge is 0.257 e. The fourth-order valence-electron chi connectivity index (χ4n) is 1.65. The summed E-state index contributed by atoms with van der Waals surface area (Å²) in [6.07, 6.45) is 3.17. The third-order valence-corrected chi connectivity index (χ3v) is 3.01. The molecule has 0 saturated carbocycles. The zero-order valence-corrected chi connectivity index (χ0v) is 10.9. The van der Waals surface area contributed by atoms with Gasteiger partial charge in [-0.25, -0.2) is 4.98 Å². The minimum atomic E-state index is -0.159. The molecule has 0 saturated heterocycles. The molecule has 0 fully saturated rings. The molecule has 5 heteroatoms. The standard InChI is InChI=1S/C13H13ClN2O2/c1-9-10(5-7-18-9)8-16(2)13(17)11-4-3-6-15-12(11)14/h3-7H,8H2,1-2H3. The summed E-state index contributed by atoms with van der Waals surface area (Å²) >= 11 is 5.90. The predicted molar refractivity (Wildman–Crippen MR) is 68.5 cm³/mol. The zero-order valence-electron chi connectivity index (χ0n) is 10.2. The zero-order chi connectivity index (χ0) is 13.1. The summed E-state index contributed by atoms with van der Waals surface area (Å²) in [5, 5.41) is 0.221. The number of aromatic nitrogens is 1. The highest BCUT2D eigenvalue weighted by atomic mass is 35.5. The number of halogens is 1. The average molecular weight is 265 g/mol. The maximum atomic E-state index is 12.2. The molecule has 0 aliphatic rings. The second-order valence-electron chi connectivity index (χ2n) is 4.01. The molecule has 0 atom stereocenters. The summed E-state index contributed by atoms with van der Waals surface area (Å²) in [6.45, 7) is 2.34. The fourth-order valence-corrected chi connectivity index (χ4v) is 1.85. The molecule has 1 amide bonds. The Morgan fingerprint density at radius 3 is 2.89 bits per heavy atom. The molecule has 0 unspecified atom stereocenters. The van der Waals surface area contributed by atoms with Gasteiger partial charge in [0, 0.05) is 25.4 Å². The topological polar surface area (TPSA) is 46.3 Å². The number of rotatable bonds is 3. The highest BCUT2D eigenvalue weighted by Gasteiger charge is 2.16. The van der Waals surface area contributed by atoms with E-state index in [1.807, 2.05) is 13.0 Å². The van der Waals surface area contributed by atoms with Crippen LogP contribution in [0.1, 0.15) is 21.7 Å². The van der Waals surface area contributed by atoms with Gasteiger partial charge in [-0.2, -0.15) is 0 Å². The molecular weight excluding hydrogens is 252 g/mol. The lowest BCUT2D eigenvalue weighted by Gasteiger charge is -2.17. The van der Waals surface area contributed by atoms with E-state index in [0.717, 1.165) is 11.3 Å². The van der Waals surface area contributed by atoms with Crippen molar-refractivity contribution in [3.63, 3.8) is 0 Å². The first kappa shape index (κ1) is 12.6. The minimum absolute atomic E-state index is 0.159. The van der Waals surface area contributed by atoms with E-state index in [0.29, 0.717) is 12.1 Å². The van der Waals surface area contributed by atoms with Crippen LogP contribution in [0.4, 0.5) is 0 Å². The Balaban J connectivity index is 2.15. The first-order valence-corrected chi connectivity index (χ1v) is 5.86. The van der Waals surface area contributed by atoms with Gasteiger partial charge in [0.2, 0.25) is 0 Å². The number of hydrogen-bond acceptors (Lipinski definition) is 3. The van der Waals surface area contributed by atoms with E-state index in [2.05, 4.69) is 4.98 Å². The third-order valence-electron chi connectivity index (χ3n) is 2.71. The van der Waals surface area contributed by atoms with Crippen molar-refractivity contribution in [3.05, 3.63) is 52.7 Å². The van der Waals surface area contributed by atoms with Crippen molar-refractivity contribution in [2.45, 2.75) is 13.5 Å². The van der Waals surface area contributed by atoms with Crippen molar-refractivity contribution in [3.8, 4) is 0 Å². The summed E-state index contributed by atoms with van der Waals surface area (Å²) in [5.41, 5.74) is 1.38. The van der Waals surface area contributed by atoms with Crippen LogP contribution in [0.2, 0.25) is 5.15 Å². The number of amides is 1. The van der Waals surface area contributed by atoms with Crippen LogP contribution < -0.4 is 0 Å². The Labute approximate surface area is 110 Å². The maximum absolute atomic E-state index is 12.2. The largest absolute Gasteiger partial charge is 0.469 e. The third kappa shape index (κ3) is 2.54. The molecule has 0 N–H and O–H groups in total. The fraction of sp³-hybridized carbons (Fsp3) is 0.231. The Bertz CT molecular complexity index is 566. The summed E-state index contributed by atoms with van der Waals surface area (Å²) in [4.78, 5) is 17.7. The lowest BCUT2D eigenvalue weighted by molar-refractivity contribution is 0.0784. The Kier molecular flexibility index (Phi) is 3.67. The molecule has 0 aromatic carbocycles. The van der Waals surface area contributed by atoms with Gasteiger partial charge in [0.15, 0.2) is 0 Å². The number of aryl methyl sites for hydroxylation is 1.